The Balaban J connectivity index is 1.35. The molecule has 3 aromatic rings. The number of hydrogen-bond donors (Lipinski definition) is 2. The third kappa shape index (κ3) is 6.01. The average Bonchev–Trinajstić information content (AvgIpc) is 3.63. The van der Waals surface area contributed by atoms with Gasteiger partial charge >= 0.3 is 0 Å². The first kappa shape index (κ1) is 24.3. The van der Waals surface area contributed by atoms with Crippen LogP contribution in [-0.2, 0) is 10.2 Å². The molecular formula is C29H30FN3O2. The highest BCUT2D eigenvalue weighted by Gasteiger charge is 2.44. The van der Waals surface area contributed by atoms with E-state index in [9.17, 15) is 14.0 Å². The highest BCUT2D eigenvalue weighted by molar-refractivity contribution is 6.05. The van der Waals surface area contributed by atoms with Gasteiger partial charge < -0.3 is 5.32 Å². The number of rotatable bonds is 6. The van der Waals surface area contributed by atoms with Gasteiger partial charge in [0.15, 0.2) is 0 Å². The van der Waals surface area contributed by atoms with Gasteiger partial charge in [-0.05, 0) is 71.7 Å². The van der Waals surface area contributed by atoms with Gasteiger partial charge in [-0.2, -0.15) is 5.10 Å². The summed E-state index contributed by atoms with van der Waals surface area (Å²) < 4.78 is 13.4. The van der Waals surface area contributed by atoms with E-state index in [-0.39, 0.29) is 28.7 Å². The Bertz CT molecular complexity index is 1280. The Kier molecular flexibility index (Phi) is 6.83. The molecule has 2 amide bonds. The van der Waals surface area contributed by atoms with Crippen LogP contribution in [0.15, 0.2) is 77.9 Å². The first-order valence-electron chi connectivity index (χ1n) is 11.7. The summed E-state index contributed by atoms with van der Waals surface area (Å²) in [6.45, 7) is 8.35. The van der Waals surface area contributed by atoms with Gasteiger partial charge in [-0.15, -0.1) is 0 Å². The van der Waals surface area contributed by atoms with E-state index < -0.39 is 11.7 Å². The third-order valence-electron chi connectivity index (χ3n) is 6.29. The van der Waals surface area contributed by atoms with E-state index in [0.29, 0.717) is 11.4 Å². The Morgan fingerprint density at radius 1 is 0.943 bits per heavy atom. The van der Waals surface area contributed by atoms with Gasteiger partial charge in [0.2, 0.25) is 5.91 Å². The van der Waals surface area contributed by atoms with Crippen molar-refractivity contribution in [3.63, 3.8) is 0 Å². The minimum absolute atomic E-state index is 0.0797. The minimum Gasteiger partial charge on any atom is -0.322 e. The SMILES string of the molecule is C/C(=N\NC(=O)C1CC1c1ccc(C(C)(C)C)cc1)c1cccc(NC(=O)c2cccc(F)c2)c1. The quantitative estimate of drug-likeness (QED) is 0.341. The second-order valence-corrected chi connectivity index (χ2v) is 10.0. The summed E-state index contributed by atoms with van der Waals surface area (Å²) >= 11 is 0. The molecule has 3 aromatic carbocycles. The standard InChI is InChI=1S/C29H30FN3O2/c1-18(20-7-6-10-24(16-20)31-27(34)21-8-5-9-23(30)15-21)32-33-28(35)26-17-25(26)19-11-13-22(14-12-19)29(2,3)4/h5-16,25-26H,17H2,1-4H3,(H,31,34)(H,33,35)/b32-18+. The van der Waals surface area contributed by atoms with Crippen molar-refractivity contribution in [1.82, 2.24) is 5.43 Å². The fraction of sp³-hybridized carbons (Fsp3) is 0.276. The molecule has 2 unspecified atom stereocenters. The van der Waals surface area contributed by atoms with E-state index in [1.165, 1.54) is 29.3 Å². The molecule has 0 radical (unpaired) electrons. The Morgan fingerprint density at radius 2 is 1.63 bits per heavy atom. The van der Waals surface area contributed by atoms with Crippen molar-refractivity contribution in [2.24, 2.45) is 11.0 Å². The first-order chi connectivity index (χ1) is 16.6. The fourth-order valence-electron chi connectivity index (χ4n) is 4.02. The van der Waals surface area contributed by atoms with Gasteiger partial charge in [0.1, 0.15) is 5.82 Å². The van der Waals surface area contributed by atoms with Gasteiger partial charge in [-0.1, -0.05) is 63.2 Å². The normalized spacial score (nSPS) is 17.6. The topological polar surface area (TPSA) is 70.6 Å². The second kappa shape index (κ2) is 9.82. The van der Waals surface area contributed by atoms with Crippen molar-refractivity contribution in [3.05, 3.63) is 101 Å². The van der Waals surface area contributed by atoms with Crippen molar-refractivity contribution in [2.45, 2.75) is 45.4 Å². The van der Waals surface area contributed by atoms with Crippen molar-refractivity contribution >= 4 is 23.2 Å². The number of amides is 2. The zero-order valence-corrected chi connectivity index (χ0v) is 20.4. The van der Waals surface area contributed by atoms with Gasteiger partial charge in [0, 0.05) is 17.2 Å². The molecule has 6 heteroatoms. The lowest BCUT2D eigenvalue weighted by atomic mass is 9.86. The zero-order valence-electron chi connectivity index (χ0n) is 20.4. The summed E-state index contributed by atoms with van der Waals surface area (Å²) in [5, 5.41) is 7.04. The summed E-state index contributed by atoms with van der Waals surface area (Å²) in [6, 6.07) is 21.2. The highest BCUT2D eigenvalue weighted by Crippen LogP contribution is 2.47. The van der Waals surface area contributed by atoms with Crippen LogP contribution in [0.4, 0.5) is 10.1 Å². The average molecular weight is 472 g/mol. The van der Waals surface area contributed by atoms with Crippen molar-refractivity contribution in [3.8, 4) is 0 Å². The molecule has 1 aliphatic rings. The Labute approximate surface area is 205 Å². The van der Waals surface area contributed by atoms with Crippen LogP contribution >= 0.6 is 0 Å². The van der Waals surface area contributed by atoms with Crippen LogP contribution in [0, 0.1) is 11.7 Å². The Hall–Kier alpha value is -3.80. The summed E-state index contributed by atoms with van der Waals surface area (Å²) in [5.41, 5.74) is 7.41. The number of hydrogen-bond acceptors (Lipinski definition) is 3. The van der Waals surface area contributed by atoms with Crippen LogP contribution in [0.3, 0.4) is 0 Å². The van der Waals surface area contributed by atoms with Gasteiger partial charge in [0.05, 0.1) is 5.71 Å². The van der Waals surface area contributed by atoms with E-state index in [0.717, 1.165) is 12.0 Å². The van der Waals surface area contributed by atoms with Gasteiger partial charge in [0.25, 0.3) is 5.91 Å². The second-order valence-electron chi connectivity index (χ2n) is 10.0. The lowest BCUT2D eigenvalue weighted by Gasteiger charge is -2.19. The van der Waals surface area contributed by atoms with Crippen LogP contribution < -0.4 is 10.7 Å². The van der Waals surface area contributed by atoms with Crippen LogP contribution in [-0.4, -0.2) is 17.5 Å². The molecule has 35 heavy (non-hydrogen) atoms. The smallest absolute Gasteiger partial charge is 0.255 e. The van der Waals surface area contributed by atoms with E-state index >= 15 is 0 Å². The van der Waals surface area contributed by atoms with E-state index in [2.05, 4.69) is 60.9 Å². The fourth-order valence-corrected chi connectivity index (χ4v) is 4.02. The Morgan fingerprint density at radius 3 is 2.31 bits per heavy atom. The number of hydrazone groups is 1. The predicted octanol–water partition coefficient (Wildman–Crippen LogP) is 6.02. The lowest BCUT2D eigenvalue weighted by molar-refractivity contribution is -0.122. The van der Waals surface area contributed by atoms with E-state index in [4.69, 9.17) is 0 Å². The largest absolute Gasteiger partial charge is 0.322 e. The van der Waals surface area contributed by atoms with E-state index in [1.807, 2.05) is 6.07 Å². The molecular weight excluding hydrogens is 441 g/mol. The highest BCUT2D eigenvalue weighted by atomic mass is 19.1. The molecule has 4 rings (SSSR count). The monoisotopic (exact) mass is 471 g/mol. The maximum atomic E-state index is 13.4. The molecule has 0 saturated heterocycles. The first-order valence-corrected chi connectivity index (χ1v) is 11.7. The van der Waals surface area contributed by atoms with Crippen molar-refractivity contribution in [1.29, 1.82) is 0 Å². The van der Waals surface area contributed by atoms with E-state index in [1.54, 1.807) is 31.2 Å². The minimum atomic E-state index is -0.468. The lowest BCUT2D eigenvalue weighted by Crippen LogP contribution is -2.21. The number of nitrogens with zero attached hydrogens (tertiary/aromatic N) is 1. The summed E-state index contributed by atoms with van der Waals surface area (Å²) in [7, 11) is 0. The molecule has 0 aromatic heterocycles. The van der Waals surface area contributed by atoms with Crippen LogP contribution in [0.1, 0.15) is 67.1 Å². The molecule has 2 atom stereocenters. The molecule has 1 saturated carbocycles. The molecule has 0 bridgehead atoms. The molecule has 180 valence electrons. The number of anilines is 1. The number of benzene rings is 3. The zero-order chi connectivity index (χ0) is 25.2. The number of carbonyl (C=O) groups excluding carboxylic acids is 2. The van der Waals surface area contributed by atoms with Crippen LogP contribution in [0.5, 0.6) is 0 Å². The number of carbonyl (C=O) groups is 2. The van der Waals surface area contributed by atoms with Crippen molar-refractivity contribution < 1.29 is 14.0 Å². The molecule has 0 aliphatic heterocycles. The molecule has 0 heterocycles. The summed E-state index contributed by atoms with van der Waals surface area (Å²) in [4.78, 5) is 25.0. The van der Waals surface area contributed by atoms with Crippen LogP contribution in [0.2, 0.25) is 0 Å². The van der Waals surface area contributed by atoms with Crippen molar-refractivity contribution in [2.75, 3.05) is 5.32 Å². The molecule has 0 spiro atoms. The number of nitrogens with one attached hydrogen (secondary N) is 2. The molecule has 1 aliphatic carbocycles. The predicted molar refractivity (Wildman–Crippen MR) is 137 cm³/mol. The van der Waals surface area contributed by atoms with Crippen LogP contribution in [0.25, 0.3) is 0 Å². The van der Waals surface area contributed by atoms with Gasteiger partial charge in [-0.3, -0.25) is 9.59 Å². The maximum absolute atomic E-state index is 13.4. The number of halogens is 1. The third-order valence-corrected chi connectivity index (χ3v) is 6.29. The summed E-state index contributed by atoms with van der Waals surface area (Å²) in [6.07, 6.45) is 0.816. The molecule has 2 N–H and O–H groups in total. The maximum Gasteiger partial charge on any atom is 0.255 e. The summed E-state index contributed by atoms with van der Waals surface area (Å²) in [5.74, 6) is -0.820. The molecule has 5 nitrogen and oxygen atoms in total. The molecule has 1 fully saturated rings. The van der Waals surface area contributed by atoms with Gasteiger partial charge in [-0.25, -0.2) is 9.82 Å².